The van der Waals surface area contributed by atoms with Gasteiger partial charge in [-0.25, -0.2) is 4.98 Å². The third kappa shape index (κ3) is 3.14. The maximum atomic E-state index is 5.06. The van der Waals surface area contributed by atoms with Crippen LogP contribution >= 0.6 is 34.9 Å². The van der Waals surface area contributed by atoms with Crippen molar-refractivity contribution in [2.45, 2.75) is 49.1 Å². The first-order valence-electron chi connectivity index (χ1n) is 7.20. The molecule has 2 aliphatic rings. The summed E-state index contributed by atoms with van der Waals surface area (Å²) < 4.78 is 0. The molecule has 0 spiro atoms. The fraction of sp³-hybridized carbons (Fsp3) is 0.786. The summed E-state index contributed by atoms with van der Waals surface area (Å²) in [5, 5.41) is 6.11. The Morgan fingerprint density at radius 1 is 1.26 bits per heavy atom. The van der Waals surface area contributed by atoms with Gasteiger partial charge in [-0.05, 0) is 26.3 Å². The molecule has 1 aliphatic heterocycles. The van der Waals surface area contributed by atoms with Gasteiger partial charge in [-0.3, -0.25) is 0 Å². The van der Waals surface area contributed by atoms with Crippen LogP contribution in [0.4, 0.5) is 0 Å². The summed E-state index contributed by atoms with van der Waals surface area (Å²) in [6.45, 7) is 3.31. The molecule has 0 bridgehead atoms. The minimum atomic E-state index is 0.636. The van der Waals surface area contributed by atoms with Crippen LogP contribution in [0.2, 0.25) is 0 Å². The summed E-state index contributed by atoms with van der Waals surface area (Å²) in [7, 11) is 2.04. The largest absolute Gasteiger partial charge is 0.315 e. The van der Waals surface area contributed by atoms with Crippen LogP contribution in [0.25, 0.3) is 0 Å². The van der Waals surface area contributed by atoms with Gasteiger partial charge in [0.2, 0.25) is 0 Å². The molecule has 1 aromatic heterocycles. The zero-order valence-electron chi connectivity index (χ0n) is 11.6. The van der Waals surface area contributed by atoms with Gasteiger partial charge < -0.3 is 5.32 Å². The van der Waals surface area contributed by atoms with E-state index in [1.54, 1.807) is 0 Å². The molecule has 5 heteroatoms. The van der Waals surface area contributed by atoms with E-state index in [2.05, 4.69) is 35.8 Å². The molecule has 2 unspecified atom stereocenters. The molecule has 1 aliphatic carbocycles. The highest BCUT2D eigenvalue weighted by molar-refractivity contribution is 8.06. The predicted molar refractivity (Wildman–Crippen MR) is 88.6 cm³/mol. The molecule has 1 saturated heterocycles. The Labute approximate surface area is 128 Å². The molecule has 1 saturated carbocycles. The number of nitrogens with zero attached hydrogens (tertiary/aromatic N) is 1. The number of thioether (sulfide) groups is 2. The maximum Gasteiger partial charge on any atom is 0.107 e. The quantitative estimate of drug-likeness (QED) is 0.886. The summed E-state index contributed by atoms with van der Waals surface area (Å²) >= 11 is 6.25. The van der Waals surface area contributed by atoms with Crippen LogP contribution in [0.5, 0.6) is 0 Å². The fourth-order valence-electron chi connectivity index (χ4n) is 2.60. The van der Waals surface area contributed by atoms with E-state index in [0.29, 0.717) is 5.25 Å². The maximum absolute atomic E-state index is 5.06. The lowest BCUT2D eigenvalue weighted by Crippen LogP contribution is -2.18. The minimum absolute atomic E-state index is 0.636. The number of aromatic nitrogens is 1. The first-order valence-corrected chi connectivity index (χ1v) is 10.1. The van der Waals surface area contributed by atoms with Gasteiger partial charge in [-0.15, -0.1) is 23.1 Å². The number of hydrogen-bond donors (Lipinski definition) is 1. The van der Waals surface area contributed by atoms with E-state index in [1.807, 2.05) is 18.4 Å². The summed E-state index contributed by atoms with van der Waals surface area (Å²) in [4.78, 5) is 6.55. The van der Waals surface area contributed by atoms with Crippen molar-refractivity contribution in [3.63, 3.8) is 0 Å². The molecule has 2 atom stereocenters. The molecule has 3 rings (SSSR count). The lowest BCUT2D eigenvalue weighted by Gasteiger charge is -2.28. The smallest absolute Gasteiger partial charge is 0.107 e. The topological polar surface area (TPSA) is 24.9 Å². The Morgan fingerprint density at radius 3 is 2.74 bits per heavy atom. The van der Waals surface area contributed by atoms with Crippen LogP contribution in [0, 0.1) is 0 Å². The lowest BCUT2D eigenvalue weighted by atomic mass is 10.2. The first-order chi connectivity index (χ1) is 9.33. The van der Waals surface area contributed by atoms with Gasteiger partial charge in [0, 0.05) is 34.1 Å². The Kier molecular flexibility index (Phi) is 4.78. The van der Waals surface area contributed by atoms with Crippen molar-refractivity contribution in [2.75, 3.05) is 18.6 Å². The highest BCUT2D eigenvalue weighted by atomic mass is 32.2. The van der Waals surface area contributed by atoms with Crippen LogP contribution in [0.15, 0.2) is 0 Å². The summed E-state index contributed by atoms with van der Waals surface area (Å²) in [5.74, 6) is 3.37. The Balaban J connectivity index is 1.84. The lowest BCUT2D eigenvalue weighted by molar-refractivity contribution is 0.780. The number of thiazole rings is 1. The molecular formula is C14H22N2S3. The standard InChI is InChI=1S/C14H22N2S3/c1-3-10-13(18-7-6-17-10)14-16-12(9-4-5-9)11(19-14)8-15-2/h9-10,13,15H,3-8H2,1-2H3. The molecule has 0 radical (unpaired) electrons. The summed E-state index contributed by atoms with van der Waals surface area (Å²) in [5.41, 5.74) is 1.42. The van der Waals surface area contributed by atoms with E-state index in [-0.39, 0.29) is 0 Å². The minimum Gasteiger partial charge on any atom is -0.315 e. The van der Waals surface area contributed by atoms with E-state index < -0.39 is 0 Å². The van der Waals surface area contributed by atoms with Crippen molar-refractivity contribution in [2.24, 2.45) is 0 Å². The molecule has 2 fully saturated rings. The van der Waals surface area contributed by atoms with Crippen LogP contribution in [0.3, 0.4) is 0 Å². The molecule has 1 N–H and O–H groups in total. The van der Waals surface area contributed by atoms with Crippen molar-refractivity contribution in [3.05, 3.63) is 15.6 Å². The molecular weight excluding hydrogens is 292 g/mol. The van der Waals surface area contributed by atoms with Crippen LogP contribution in [0.1, 0.15) is 52.9 Å². The number of nitrogens with one attached hydrogen (secondary N) is 1. The first kappa shape index (κ1) is 14.2. The molecule has 2 heterocycles. The average molecular weight is 315 g/mol. The molecule has 0 amide bonds. The summed E-state index contributed by atoms with van der Waals surface area (Å²) in [6, 6.07) is 0. The Bertz CT molecular complexity index is 428. The SMILES string of the molecule is CCC1SCCSC1c1nc(C2CC2)c(CNC)s1. The van der Waals surface area contributed by atoms with Gasteiger partial charge in [-0.1, -0.05) is 6.92 Å². The molecule has 19 heavy (non-hydrogen) atoms. The van der Waals surface area contributed by atoms with Crippen molar-refractivity contribution in [3.8, 4) is 0 Å². The highest BCUT2D eigenvalue weighted by Crippen LogP contribution is 2.48. The van der Waals surface area contributed by atoms with Crippen molar-refractivity contribution >= 4 is 34.9 Å². The van der Waals surface area contributed by atoms with Gasteiger partial charge >= 0.3 is 0 Å². The van der Waals surface area contributed by atoms with Crippen LogP contribution < -0.4 is 5.32 Å². The molecule has 0 aromatic carbocycles. The van der Waals surface area contributed by atoms with Gasteiger partial charge in [0.05, 0.1) is 10.9 Å². The molecule has 106 valence electrons. The third-order valence-corrected chi connectivity index (χ3v) is 8.30. The van der Waals surface area contributed by atoms with Gasteiger partial charge in [0.25, 0.3) is 0 Å². The van der Waals surface area contributed by atoms with E-state index in [0.717, 1.165) is 17.7 Å². The second-order valence-electron chi connectivity index (χ2n) is 5.27. The highest BCUT2D eigenvalue weighted by Gasteiger charge is 2.33. The van der Waals surface area contributed by atoms with E-state index in [1.165, 1.54) is 46.3 Å². The normalized spacial score (nSPS) is 27.7. The van der Waals surface area contributed by atoms with Crippen molar-refractivity contribution in [1.29, 1.82) is 0 Å². The number of rotatable bonds is 5. The van der Waals surface area contributed by atoms with Crippen LogP contribution in [-0.4, -0.2) is 28.8 Å². The van der Waals surface area contributed by atoms with Crippen molar-refractivity contribution < 1.29 is 0 Å². The second-order valence-corrected chi connectivity index (χ2v) is 8.99. The van der Waals surface area contributed by atoms with E-state index >= 15 is 0 Å². The number of hydrogen-bond acceptors (Lipinski definition) is 5. The Hall–Kier alpha value is 0.290. The second kappa shape index (κ2) is 6.37. The monoisotopic (exact) mass is 314 g/mol. The zero-order valence-corrected chi connectivity index (χ0v) is 14.1. The molecule has 1 aromatic rings. The fourth-order valence-corrected chi connectivity index (χ4v) is 7.18. The Morgan fingerprint density at radius 2 is 2.05 bits per heavy atom. The summed E-state index contributed by atoms with van der Waals surface area (Å²) in [6.07, 6.45) is 3.97. The zero-order chi connectivity index (χ0) is 13.2. The van der Waals surface area contributed by atoms with E-state index in [9.17, 15) is 0 Å². The van der Waals surface area contributed by atoms with Gasteiger partial charge in [-0.2, -0.15) is 11.8 Å². The third-order valence-electron chi connectivity index (χ3n) is 3.74. The average Bonchev–Trinajstić information content (AvgIpc) is 3.21. The van der Waals surface area contributed by atoms with Gasteiger partial charge in [0.15, 0.2) is 0 Å². The molecule has 2 nitrogen and oxygen atoms in total. The van der Waals surface area contributed by atoms with Crippen molar-refractivity contribution in [1.82, 2.24) is 10.3 Å². The van der Waals surface area contributed by atoms with Gasteiger partial charge in [0.1, 0.15) is 5.01 Å². The van der Waals surface area contributed by atoms with Crippen LogP contribution in [-0.2, 0) is 6.54 Å². The predicted octanol–water partition coefficient (Wildman–Crippen LogP) is 4.04. The van der Waals surface area contributed by atoms with E-state index in [4.69, 9.17) is 4.98 Å².